The molecule has 0 saturated carbocycles. The summed E-state index contributed by atoms with van der Waals surface area (Å²) in [5, 5.41) is 22.7. The number of amides is 2. The van der Waals surface area contributed by atoms with Gasteiger partial charge in [-0.15, -0.1) is 22.7 Å². The van der Waals surface area contributed by atoms with Gasteiger partial charge in [-0.3, -0.25) is 10.6 Å². The van der Waals surface area contributed by atoms with Crippen LogP contribution >= 0.6 is 45.3 Å². The predicted molar refractivity (Wildman–Crippen MR) is 197 cm³/mol. The third kappa shape index (κ3) is 14.2. The van der Waals surface area contributed by atoms with E-state index in [4.69, 9.17) is 19.5 Å². The molecule has 0 fully saturated rings. The Kier molecular flexibility index (Phi) is 15.1. The molecule has 46 heavy (non-hydrogen) atoms. The number of anilines is 2. The van der Waals surface area contributed by atoms with E-state index in [1.165, 1.54) is 22.7 Å². The van der Waals surface area contributed by atoms with Crippen LogP contribution in [0.4, 0.5) is 21.2 Å². The molecule has 0 aliphatic carbocycles. The number of halogens is 1. The molecule has 4 aromatic rings. The highest BCUT2D eigenvalue weighted by Gasteiger charge is 2.20. The Balaban J connectivity index is 0.000000256. The summed E-state index contributed by atoms with van der Waals surface area (Å²) in [7, 11) is -1.46. The van der Waals surface area contributed by atoms with Crippen molar-refractivity contribution in [1.29, 1.82) is 0 Å². The molecule has 4 N–H and O–H groups in total. The fraction of sp³-hybridized carbons (Fsp3) is 0.250. The minimum absolute atomic E-state index is 0.325. The molecule has 2 aromatic carbocycles. The molecule has 0 spiro atoms. The summed E-state index contributed by atoms with van der Waals surface area (Å²) in [4.78, 5) is 32.1. The van der Waals surface area contributed by atoms with Crippen molar-refractivity contribution < 1.29 is 29.1 Å². The molecule has 4 rings (SSSR count). The maximum Gasteiger partial charge on any atom is 0.488 e. The second-order valence-electron chi connectivity index (χ2n) is 11.4. The zero-order valence-electron chi connectivity index (χ0n) is 26.5. The zero-order valence-corrected chi connectivity index (χ0v) is 30.3. The van der Waals surface area contributed by atoms with Crippen LogP contribution in [-0.4, -0.2) is 50.5 Å². The number of nitrogens with zero attached hydrogens (tertiary/aromatic N) is 2. The number of benzene rings is 2. The first-order chi connectivity index (χ1) is 21.5. The van der Waals surface area contributed by atoms with Crippen molar-refractivity contribution in [2.45, 2.75) is 52.7 Å². The topological polar surface area (TPSA) is 143 Å². The summed E-state index contributed by atoms with van der Waals surface area (Å²) in [6, 6.07) is 18.9. The lowest BCUT2D eigenvalue weighted by Gasteiger charge is -2.19. The van der Waals surface area contributed by atoms with Gasteiger partial charge in [0.05, 0.1) is 15.9 Å². The molecule has 0 unspecified atom stereocenters. The highest BCUT2D eigenvalue weighted by atomic mass is 127. The average Bonchev–Trinajstić information content (AvgIpc) is 3.60. The largest absolute Gasteiger partial charge is 0.488 e. The molecule has 0 aliphatic heterocycles. The Bertz CT molecular complexity index is 1580. The van der Waals surface area contributed by atoms with Crippen LogP contribution in [0.2, 0.25) is 0 Å². The van der Waals surface area contributed by atoms with Crippen LogP contribution in [-0.2, 0) is 9.47 Å². The van der Waals surface area contributed by atoms with Gasteiger partial charge in [-0.25, -0.2) is 19.6 Å². The third-order valence-electron chi connectivity index (χ3n) is 5.18. The molecule has 0 atom stereocenters. The van der Waals surface area contributed by atoms with Crippen LogP contribution in [0.3, 0.4) is 0 Å². The molecule has 244 valence electrons. The van der Waals surface area contributed by atoms with Gasteiger partial charge in [0.2, 0.25) is 0 Å². The molecule has 10 nitrogen and oxygen atoms in total. The molecule has 0 radical (unpaired) electrons. The van der Waals surface area contributed by atoms with E-state index in [2.05, 4.69) is 56.4 Å². The molecule has 0 saturated heterocycles. The molecule has 14 heteroatoms. The quantitative estimate of drug-likeness (QED) is 0.113. The molecule has 0 aliphatic rings. The van der Waals surface area contributed by atoms with Gasteiger partial charge in [0.25, 0.3) is 0 Å². The Morgan fingerprint density at radius 1 is 0.761 bits per heavy atom. The first-order valence-electron chi connectivity index (χ1n) is 13.8. The van der Waals surface area contributed by atoms with Gasteiger partial charge in [0.15, 0.2) is 11.6 Å². The maximum atomic E-state index is 11.8. The van der Waals surface area contributed by atoms with E-state index in [0.717, 1.165) is 24.5 Å². The number of carbonyl (C=O) groups is 2. The summed E-state index contributed by atoms with van der Waals surface area (Å²) in [6.45, 7) is 18.5. The summed E-state index contributed by atoms with van der Waals surface area (Å²) in [5.74, 6) is 1.04. The van der Waals surface area contributed by atoms with E-state index >= 15 is 0 Å². The van der Waals surface area contributed by atoms with Crippen molar-refractivity contribution >= 4 is 87.3 Å². The Hall–Kier alpha value is -3.57. The van der Waals surface area contributed by atoms with Gasteiger partial charge < -0.3 is 19.5 Å². The van der Waals surface area contributed by atoms with Gasteiger partial charge in [0.1, 0.15) is 14.1 Å². The predicted octanol–water partition coefficient (Wildman–Crippen LogP) is 8.36. The van der Waals surface area contributed by atoms with Crippen LogP contribution in [0.25, 0.3) is 11.0 Å². The van der Waals surface area contributed by atoms with Gasteiger partial charge >= 0.3 is 19.3 Å². The van der Waals surface area contributed by atoms with Gasteiger partial charge in [-0.05, 0) is 86.3 Å². The van der Waals surface area contributed by atoms with Crippen molar-refractivity contribution in [3.63, 3.8) is 0 Å². The molecular formula is C32H38BIN4O6S2. The summed E-state index contributed by atoms with van der Waals surface area (Å²) in [6.07, 6.45) is -0.989. The minimum Gasteiger partial charge on any atom is -0.444 e. The lowest BCUT2D eigenvalue weighted by atomic mass is 9.76. The smallest absolute Gasteiger partial charge is 0.444 e. The number of rotatable bonds is 6. The Labute approximate surface area is 291 Å². The lowest BCUT2D eigenvalue weighted by molar-refractivity contribution is 0.0624. The van der Waals surface area contributed by atoms with Crippen LogP contribution in [0.15, 0.2) is 84.8 Å². The van der Waals surface area contributed by atoms with Crippen molar-refractivity contribution in [3.8, 4) is 0 Å². The van der Waals surface area contributed by atoms with Crippen molar-refractivity contribution in [2.75, 3.05) is 10.6 Å². The molecule has 2 aromatic heterocycles. The average molecular weight is 777 g/mol. The van der Waals surface area contributed by atoms with Gasteiger partial charge in [0, 0.05) is 0 Å². The fourth-order valence-corrected chi connectivity index (χ4v) is 5.06. The summed E-state index contributed by atoms with van der Waals surface area (Å²) < 4.78 is 11.3. The SMILES string of the molecule is C=C(B(O)O)c1ccccc1.C=C(c1ccccc1)c1scnc1NC(=O)OC(C)(C)C.CC(C)(C)OC(=O)Nc1ncsc1I. The second kappa shape index (κ2) is 17.9. The number of thiazole rings is 2. The maximum absolute atomic E-state index is 11.8. The standard InChI is InChI=1S/C16H18N2O2S.C8H9BO2.C8H11IN2O2S/c1-11(12-8-6-5-7-9-12)13-14(17-10-21-13)18-15(19)20-16(2,3)4;1-7(9(10)11)8-5-3-2-4-6-8;1-8(2,3)13-7(12)11-6-5(9)14-4-10-6/h5-10H,1H2,2-4H3,(H,18,19);2-6,10-11H,1H2;4H,1-3H3,(H,11,12). The van der Waals surface area contributed by atoms with E-state index < -0.39 is 30.5 Å². The number of nitrogens with one attached hydrogen (secondary N) is 2. The highest BCUT2D eigenvalue weighted by molar-refractivity contribution is 14.1. The lowest BCUT2D eigenvalue weighted by Crippen LogP contribution is -2.27. The van der Waals surface area contributed by atoms with E-state index in [9.17, 15) is 9.59 Å². The van der Waals surface area contributed by atoms with Crippen molar-refractivity contribution in [1.82, 2.24) is 9.97 Å². The van der Waals surface area contributed by atoms with E-state index in [-0.39, 0.29) is 0 Å². The molecule has 2 amide bonds. The first-order valence-corrected chi connectivity index (χ1v) is 16.7. The van der Waals surface area contributed by atoms with Crippen molar-refractivity contribution in [2.24, 2.45) is 0 Å². The normalized spacial score (nSPS) is 10.6. The van der Waals surface area contributed by atoms with E-state index in [0.29, 0.717) is 17.1 Å². The van der Waals surface area contributed by atoms with E-state index in [1.54, 1.807) is 23.2 Å². The number of hydrogen-bond donors (Lipinski definition) is 4. The third-order valence-corrected chi connectivity index (χ3v) is 7.95. The fourth-order valence-electron chi connectivity index (χ4n) is 3.23. The second-order valence-corrected chi connectivity index (χ2v) is 14.9. The Morgan fingerprint density at radius 3 is 1.63 bits per heavy atom. The van der Waals surface area contributed by atoms with E-state index in [1.807, 2.05) is 90.1 Å². The van der Waals surface area contributed by atoms with Gasteiger partial charge in [-0.2, -0.15) is 0 Å². The number of carbonyl (C=O) groups excluding carboxylic acids is 2. The number of aromatic nitrogens is 2. The van der Waals surface area contributed by atoms with Gasteiger partial charge in [-0.1, -0.05) is 73.8 Å². The summed E-state index contributed by atoms with van der Waals surface area (Å²) in [5.41, 5.74) is 5.22. The monoisotopic (exact) mass is 776 g/mol. The summed E-state index contributed by atoms with van der Waals surface area (Å²) >= 11 is 5.01. The van der Waals surface area contributed by atoms with Crippen LogP contribution in [0.5, 0.6) is 0 Å². The number of hydrogen-bond acceptors (Lipinski definition) is 10. The van der Waals surface area contributed by atoms with Crippen LogP contribution in [0, 0.1) is 2.88 Å². The molecular weight excluding hydrogens is 738 g/mol. The first kappa shape index (κ1) is 38.6. The highest BCUT2D eigenvalue weighted by Crippen LogP contribution is 2.31. The van der Waals surface area contributed by atoms with Crippen LogP contribution < -0.4 is 10.6 Å². The van der Waals surface area contributed by atoms with Crippen molar-refractivity contribution in [3.05, 3.63) is 104 Å². The minimum atomic E-state index is -1.46. The van der Waals surface area contributed by atoms with Crippen LogP contribution in [0.1, 0.15) is 57.5 Å². The molecule has 2 heterocycles. The molecule has 0 bridgehead atoms. The Morgan fingerprint density at radius 2 is 1.20 bits per heavy atom. The zero-order chi connectivity index (χ0) is 34.5. The number of ether oxygens (including phenoxy) is 2.